The van der Waals surface area contributed by atoms with Crippen molar-refractivity contribution in [3.63, 3.8) is 0 Å². The van der Waals surface area contributed by atoms with Crippen molar-refractivity contribution in [3.8, 4) is 16.5 Å². The second-order valence-electron chi connectivity index (χ2n) is 5.53. The number of pyridine rings is 2. The second kappa shape index (κ2) is 6.68. The average molecular weight is 392 g/mol. The Labute approximate surface area is 161 Å². The van der Waals surface area contributed by atoms with Gasteiger partial charge in [0.25, 0.3) is 5.91 Å². The maximum atomic E-state index is 12.7. The number of hydrogen-bond donors (Lipinski definition) is 3. The molecule has 0 spiro atoms. The van der Waals surface area contributed by atoms with Crippen molar-refractivity contribution in [1.29, 1.82) is 5.26 Å². The van der Waals surface area contributed by atoms with Crippen molar-refractivity contribution in [2.45, 2.75) is 0 Å². The number of anilines is 3. The first-order chi connectivity index (χ1) is 13.1. The summed E-state index contributed by atoms with van der Waals surface area (Å²) in [5.74, 6) is 0.151. The molecule has 0 saturated heterocycles. The lowest BCUT2D eigenvalue weighted by atomic mass is 10.0. The Balaban J connectivity index is 1.91. The Kier molecular flexibility index (Phi) is 4.19. The minimum Gasteiger partial charge on any atom is -0.397 e. The van der Waals surface area contributed by atoms with Crippen LogP contribution in [0.15, 0.2) is 41.9 Å². The van der Waals surface area contributed by atoms with Crippen molar-refractivity contribution in [2.24, 2.45) is 0 Å². The number of aromatic nitrogens is 2. The molecule has 27 heavy (non-hydrogen) atoms. The fourth-order valence-electron chi connectivity index (χ4n) is 2.73. The van der Waals surface area contributed by atoms with Gasteiger partial charge >= 0.3 is 0 Å². The van der Waals surface area contributed by atoms with Crippen LogP contribution in [0.1, 0.15) is 15.2 Å². The summed E-state index contributed by atoms with van der Waals surface area (Å²) in [6.45, 7) is 0. The number of nitrogen functional groups attached to an aromatic ring is 2. The highest BCUT2D eigenvalue weighted by Crippen LogP contribution is 2.43. The van der Waals surface area contributed by atoms with E-state index in [9.17, 15) is 10.1 Å². The molecular formula is C18H12N6OS2. The third-order valence-electron chi connectivity index (χ3n) is 3.90. The highest BCUT2D eigenvalue weighted by atomic mass is 32.1. The van der Waals surface area contributed by atoms with Gasteiger partial charge in [-0.3, -0.25) is 4.79 Å². The predicted molar refractivity (Wildman–Crippen MR) is 109 cm³/mol. The standard InChI is InChI=1S/C18H12N6OS2/c19-8-9-12(10-4-3-7-26-10)13-14(20)15(27-18(13)24-16(9)21)17(25)23-11-5-1-2-6-22-11/h1-7H,20H2,(H2,21,24)(H,22,23,25). The van der Waals surface area contributed by atoms with Gasteiger partial charge in [0.1, 0.15) is 33.0 Å². The lowest BCUT2D eigenvalue weighted by Gasteiger charge is -2.07. The molecule has 9 heteroatoms. The van der Waals surface area contributed by atoms with E-state index in [1.54, 1.807) is 24.4 Å². The average Bonchev–Trinajstić information content (AvgIpc) is 3.30. The van der Waals surface area contributed by atoms with Gasteiger partial charge in [0.15, 0.2) is 0 Å². The molecule has 7 nitrogen and oxygen atoms in total. The number of rotatable bonds is 3. The summed E-state index contributed by atoms with van der Waals surface area (Å²) >= 11 is 2.60. The molecular weight excluding hydrogens is 380 g/mol. The Hall–Kier alpha value is -3.48. The molecule has 0 fully saturated rings. The van der Waals surface area contributed by atoms with E-state index in [2.05, 4.69) is 21.4 Å². The monoisotopic (exact) mass is 392 g/mol. The van der Waals surface area contributed by atoms with Crippen LogP contribution in [0.2, 0.25) is 0 Å². The molecule has 0 aliphatic heterocycles. The van der Waals surface area contributed by atoms with E-state index in [0.717, 1.165) is 16.2 Å². The first-order valence-electron chi connectivity index (χ1n) is 7.78. The molecule has 0 unspecified atom stereocenters. The van der Waals surface area contributed by atoms with Crippen LogP contribution in [0.5, 0.6) is 0 Å². The third-order valence-corrected chi connectivity index (χ3v) is 5.88. The molecule has 132 valence electrons. The summed E-state index contributed by atoms with van der Waals surface area (Å²) in [5.41, 5.74) is 13.4. The van der Waals surface area contributed by atoms with Crippen LogP contribution in [-0.4, -0.2) is 15.9 Å². The molecule has 0 aromatic carbocycles. The van der Waals surface area contributed by atoms with Crippen molar-refractivity contribution >= 4 is 56.1 Å². The molecule has 4 rings (SSSR count). The van der Waals surface area contributed by atoms with Crippen LogP contribution >= 0.6 is 22.7 Å². The van der Waals surface area contributed by atoms with Gasteiger partial charge in [0.2, 0.25) is 0 Å². The second-order valence-corrected chi connectivity index (χ2v) is 7.48. The van der Waals surface area contributed by atoms with E-state index in [1.807, 2.05) is 17.5 Å². The molecule has 1 amide bonds. The Morgan fingerprint density at radius 1 is 1.22 bits per heavy atom. The highest BCUT2D eigenvalue weighted by molar-refractivity contribution is 7.21. The number of nitrogens with zero attached hydrogens (tertiary/aromatic N) is 3. The Bertz CT molecular complexity index is 1190. The molecule has 0 aliphatic rings. The molecule has 0 bridgehead atoms. The maximum Gasteiger partial charge on any atom is 0.269 e. The van der Waals surface area contributed by atoms with Gasteiger partial charge in [-0.25, -0.2) is 9.97 Å². The normalized spacial score (nSPS) is 10.6. The smallest absolute Gasteiger partial charge is 0.269 e. The van der Waals surface area contributed by atoms with E-state index >= 15 is 0 Å². The number of hydrogen-bond acceptors (Lipinski definition) is 8. The van der Waals surface area contributed by atoms with Gasteiger partial charge in [-0.05, 0) is 23.6 Å². The minimum absolute atomic E-state index is 0.117. The first kappa shape index (κ1) is 17.0. The van der Waals surface area contributed by atoms with Gasteiger partial charge in [0.05, 0.1) is 5.69 Å². The van der Waals surface area contributed by atoms with Crippen LogP contribution in [0.4, 0.5) is 17.3 Å². The molecule has 0 atom stereocenters. The van der Waals surface area contributed by atoms with Crippen molar-refractivity contribution < 1.29 is 4.79 Å². The van der Waals surface area contributed by atoms with Crippen molar-refractivity contribution in [2.75, 3.05) is 16.8 Å². The number of fused-ring (bicyclic) bond motifs is 1. The number of thiophene rings is 2. The fourth-order valence-corrected chi connectivity index (χ4v) is 4.52. The lowest BCUT2D eigenvalue weighted by Crippen LogP contribution is -2.12. The molecule has 4 heterocycles. The van der Waals surface area contributed by atoms with Gasteiger partial charge in [-0.2, -0.15) is 5.26 Å². The number of nitrogens with two attached hydrogens (primary N) is 2. The SMILES string of the molecule is N#Cc1c(N)nc2sc(C(=O)Nc3ccccn3)c(N)c2c1-c1cccs1. The fraction of sp³-hybridized carbons (Fsp3) is 0. The molecule has 5 N–H and O–H groups in total. The van der Waals surface area contributed by atoms with Crippen LogP contribution < -0.4 is 16.8 Å². The summed E-state index contributed by atoms with van der Waals surface area (Å²) in [5, 5.41) is 14.8. The summed E-state index contributed by atoms with van der Waals surface area (Å²) in [6.07, 6.45) is 1.58. The number of nitriles is 1. The van der Waals surface area contributed by atoms with E-state index in [4.69, 9.17) is 11.5 Å². The molecule has 4 aromatic rings. The summed E-state index contributed by atoms with van der Waals surface area (Å²) in [7, 11) is 0. The zero-order chi connectivity index (χ0) is 19.0. The zero-order valence-electron chi connectivity index (χ0n) is 13.8. The third kappa shape index (κ3) is 2.87. The molecule has 0 aliphatic carbocycles. The maximum absolute atomic E-state index is 12.7. The minimum atomic E-state index is -0.386. The van der Waals surface area contributed by atoms with Crippen LogP contribution in [0, 0.1) is 11.3 Å². The highest BCUT2D eigenvalue weighted by Gasteiger charge is 2.24. The van der Waals surface area contributed by atoms with E-state index in [1.165, 1.54) is 11.3 Å². The van der Waals surface area contributed by atoms with Gasteiger partial charge < -0.3 is 16.8 Å². The van der Waals surface area contributed by atoms with Crippen molar-refractivity contribution in [1.82, 2.24) is 9.97 Å². The number of nitrogens with one attached hydrogen (secondary N) is 1. The molecule has 4 aromatic heterocycles. The number of carbonyl (C=O) groups is 1. The van der Waals surface area contributed by atoms with Crippen LogP contribution in [0.3, 0.4) is 0 Å². The Morgan fingerprint density at radius 3 is 2.74 bits per heavy atom. The van der Waals surface area contributed by atoms with Gasteiger partial charge in [-0.15, -0.1) is 22.7 Å². The van der Waals surface area contributed by atoms with E-state index in [-0.39, 0.29) is 23.0 Å². The number of amides is 1. The number of carbonyl (C=O) groups excluding carboxylic acids is 1. The van der Waals surface area contributed by atoms with Crippen molar-refractivity contribution in [3.05, 3.63) is 52.3 Å². The first-order valence-corrected chi connectivity index (χ1v) is 9.47. The topological polar surface area (TPSA) is 131 Å². The summed E-state index contributed by atoms with van der Waals surface area (Å²) in [4.78, 5) is 22.7. The Morgan fingerprint density at radius 2 is 2.07 bits per heavy atom. The lowest BCUT2D eigenvalue weighted by molar-refractivity contribution is 0.103. The van der Waals surface area contributed by atoms with E-state index < -0.39 is 0 Å². The van der Waals surface area contributed by atoms with Crippen LogP contribution in [-0.2, 0) is 0 Å². The molecule has 0 saturated carbocycles. The predicted octanol–water partition coefficient (Wildman–Crippen LogP) is 3.71. The van der Waals surface area contributed by atoms with Gasteiger partial charge in [0, 0.05) is 22.0 Å². The largest absolute Gasteiger partial charge is 0.397 e. The van der Waals surface area contributed by atoms with Gasteiger partial charge in [-0.1, -0.05) is 12.1 Å². The zero-order valence-corrected chi connectivity index (χ0v) is 15.4. The van der Waals surface area contributed by atoms with E-state index in [0.29, 0.717) is 26.5 Å². The quantitative estimate of drug-likeness (QED) is 0.487. The molecule has 0 radical (unpaired) electrons. The summed E-state index contributed by atoms with van der Waals surface area (Å²) < 4.78 is 0. The van der Waals surface area contributed by atoms with Crippen LogP contribution in [0.25, 0.3) is 20.7 Å². The summed E-state index contributed by atoms with van der Waals surface area (Å²) in [6, 6.07) is 11.1.